The van der Waals surface area contributed by atoms with E-state index in [1.807, 2.05) is 6.08 Å². The van der Waals surface area contributed by atoms with Crippen LogP contribution >= 0.6 is 11.6 Å². The van der Waals surface area contributed by atoms with Gasteiger partial charge in [-0.1, -0.05) is 23.7 Å². The van der Waals surface area contributed by atoms with Crippen LogP contribution in [-0.4, -0.2) is 61.0 Å². The number of methoxy groups -OCH3 is 1. The van der Waals surface area contributed by atoms with Crippen LogP contribution in [0.1, 0.15) is 17.1 Å². The monoisotopic (exact) mass is 733 g/mol. The molecule has 38 heavy (non-hydrogen) atoms. The molecule has 206 valence electrons. The minimum absolute atomic E-state index is 0.0901. The molecule has 4 heterocycles. The number of hydrogen-bond donors (Lipinski definition) is 2. The van der Waals surface area contributed by atoms with Crippen molar-refractivity contribution in [2.75, 3.05) is 25.1 Å². The number of anilines is 1. The van der Waals surface area contributed by atoms with Gasteiger partial charge in [-0.2, -0.15) is 9.97 Å². The number of aliphatic hydroxyl groups is 1. The fraction of sp³-hybridized carbons (Fsp3) is 0.273. The molecule has 11 nitrogen and oxygen atoms in total. The third-order valence-electron chi connectivity index (χ3n) is 5.10. The van der Waals surface area contributed by atoms with Gasteiger partial charge in [-0.05, 0) is 24.6 Å². The SMILES string of the molecule is COc1nc(C2=CCN(c3nc(C)n(Cc4ccc(O)nc4)c(=O)n3)C[C@@H]2O)ccc1Cl.F[C-](F)F.[O]=[Os]. The van der Waals surface area contributed by atoms with Crippen LogP contribution in [0.25, 0.3) is 5.57 Å². The number of rotatable bonds is 5. The molecule has 0 fully saturated rings. The molecule has 0 bridgehead atoms. The summed E-state index contributed by atoms with van der Waals surface area (Å²) in [5.41, 5.74) is 1.47. The van der Waals surface area contributed by atoms with Gasteiger partial charge in [0.2, 0.25) is 17.7 Å². The molecule has 0 saturated carbocycles. The standard InChI is InChI=1S/C21H21ClN6O4.CF3.O.Os/c1-12-24-20(26-21(31)28(12)10-13-3-6-18(30)23-9-13)27-8-7-14(17(29)11-27)16-5-4-15(22)19(25-16)32-2;2-1(3)4;;/h3-7,9,17,29H,8,10-11H2,1-2H3,(H,23,30);;;/q;-1;;/t17-;;;/m0.../s1. The summed E-state index contributed by atoms with van der Waals surface area (Å²) in [7, 11) is 1.48. The number of hydrogen-bond acceptors (Lipinski definition) is 10. The molecule has 4 rings (SSSR count). The van der Waals surface area contributed by atoms with Gasteiger partial charge in [-0.3, -0.25) is 4.57 Å². The van der Waals surface area contributed by atoms with Crippen molar-refractivity contribution < 1.29 is 50.2 Å². The van der Waals surface area contributed by atoms with Gasteiger partial charge in [0.1, 0.15) is 10.8 Å². The van der Waals surface area contributed by atoms with Gasteiger partial charge in [0.05, 0.1) is 32.0 Å². The van der Waals surface area contributed by atoms with Crippen molar-refractivity contribution in [1.82, 2.24) is 24.5 Å². The first-order chi connectivity index (χ1) is 18.1. The summed E-state index contributed by atoms with van der Waals surface area (Å²) in [6.45, 7) is -0.548. The van der Waals surface area contributed by atoms with Gasteiger partial charge in [-0.15, -0.1) is 0 Å². The van der Waals surface area contributed by atoms with Crippen molar-refractivity contribution in [3.8, 4) is 11.8 Å². The topological polar surface area (TPSA) is 144 Å². The molecular weight excluding hydrogens is 711 g/mol. The Morgan fingerprint density at radius 2 is 1.87 bits per heavy atom. The summed E-state index contributed by atoms with van der Waals surface area (Å²) in [6, 6.07) is 6.51. The number of aromatic hydroxyl groups is 1. The maximum absolute atomic E-state index is 12.6. The Hall–Kier alpha value is -3.27. The number of ether oxygens (including phenoxy) is 1. The fourth-order valence-corrected chi connectivity index (χ4v) is 3.61. The summed E-state index contributed by atoms with van der Waals surface area (Å²) in [6.07, 6.45) is 2.44. The Morgan fingerprint density at radius 3 is 2.42 bits per heavy atom. The van der Waals surface area contributed by atoms with Crippen LogP contribution in [0.4, 0.5) is 19.1 Å². The zero-order chi connectivity index (χ0) is 28.4. The van der Waals surface area contributed by atoms with E-state index in [1.165, 1.54) is 23.9 Å². The number of aryl methyl sites for hydroxylation is 1. The summed E-state index contributed by atoms with van der Waals surface area (Å²) < 4.78 is 43.6. The second kappa shape index (κ2) is 14.6. The van der Waals surface area contributed by atoms with Crippen molar-refractivity contribution in [3.05, 3.63) is 75.8 Å². The molecule has 0 amide bonds. The molecule has 3 aromatic rings. The number of aliphatic hydroxyl groups excluding tert-OH is 1. The predicted octanol–water partition coefficient (Wildman–Crippen LogP) is 2.64. The summed E-state index contributed by atoms with van der Waals surface area (Å²) in [5, 5.41) is 20.4. The molecule has 3 aromatic heterocycles. The molecule has 0 aromatic carbocycles. The molecule has 0 saturated heterocycles. The number of β-amino-alcohol motifs (C(OH)–C–C–N with tert-alkyl or cyclic N) is 1. The Bertz CT molecular complexity index is 1310. The van der Waals surface area contributed by atoms with E-state index >= 15 is 0 Å². The van der Waals surface area contributed by atoms with Crippen molar-refractivity contribution in [2.24, 2.45) is 0 Å². The van der Waals surface area contributed by atoms with E-state index in [1.54, 1.807) is 30.0 Å². The number of pyridine rings is 2. The molecule has 0 radical (unpaired) electrons. The van der Waals surface area contributed by atoms with E-state index in [0.717, 1.165) is 5.56 Å². The van der Waals surface area contributed by atoms with E-state index in [0.29, 0.717) is 47.2 Å². The zero-order valence-electron chi connectivity index (χ0n) is 19.8. The average Bonchev–Trinajstić information content (AvgIpc) is 2.88. The second-order valence-corrected chi connectivity index (χ2v) is 7.85. The summed E-state index contributed by atoms with van der Waals surface area (Å²) in [4.78, 5) is 31.1. The molecule has 1 aliphatic rings. The van der Waals surface area contributed by atoms with E-state index in [2.05, 4.69) is 19.9 Å². The molecule has 0 aliphatic carbocycles. The first kappa shape index (κ1) is 30.9. The molecule has 16 heteroatoms. The van der Waals surface area contributed by atoms with Crippen molar-refractivity contribution in [2.45, 2.75) is 19.6 Å². The molecule has 1 atom stereocenters. The van der Waals surface area contributed by atoms with Crippen LogP contribution in [0, 0.1) is 13.6 Å². The van der Waals surface area contributed by atoms with Crippen LogP contribution in [0.2, 0.25) is 5.02 Å². The van der Waals surface area contributed by atoms with Crippen molar-refractivity contribution >= 4 is 23.1 Å². The van der Waals surface area contributed by atoms with Crippen LogP contribution in [0.15, 0.2) is 41.3 Å². The first-order valence-corrected chi connectivity index (χ1v) is 11.9. The van der Waals surface area contributed by atoms with Gasteiger partial charge < -0.3 is 33.0 Å². The number of halogens is 4. The van der Waals surface area contributed by atoms with Crippen LogP contribution < -0.4 is 15.3 Å². The third kappa shape index (κ3) is 8.37. The molecule has 0 unspecified atom stereocenters. The molecule has 1 aliphatic heterocycles. The normalized spacial score (nSPS) is 14.6. The maximum atomic E-state index is 12.6. The third-order valence-corrected chi connectivity index (χ3v) is 5.39. The average molecular weight is 732 g/mol. The Morgan fingerprint density at radius 1 is 1.18 bits per heavy atom. The van der Waals surface area contributed by atoms with E-state index < -0.39 is 18.5 Å². The van der Waals surface area contributed by atoms with Gasteiger partial charge in [0.15, 0.2) is 6.68 Å². The van der Waals surface area contributed by atoms with Gasteiger partial charge >= 0.3 is 27.8 Å². The Labute approximate surface area is 229 Å². The van der Waals surface area contributed by atoms with Crippen LogP contribution in [-0.2, 0) is 28.6 Å². The van der Waals surface area contributed by atoms with E-state index in [-0.39, 0.29) is 30.8 Å². The first-order valence-electron chi connectivity index (χ1n) is 10.5. The fourth-order valence-electron chi connectivity index (χ4n) is 3.42. The van der Waals surface area contributed by atoms with Crippen LogP contribution in [0.3, 0.4) is 0 Å². The summed E-state index contributed by atoms with van der Waals surface area (Å²) >= 11 is 6.65. The predicted molar refractivity (Wildman–Crippen MR) is 125 cm³/mol. The molecule has 0 spiro atoms. The zero-order valence-corrected chi connectivity index (χ0v) is 23.1. The number of aromatic nitrogens is 5. The van der Waals surface area contributed by atoms with Gasteiger partial charge in [-0.25, -0.2) is 14.8 Å². The summed E-state index contributed by atoms with van der Waals surface area (Å²) in [5.74, 6) is 0.906. The van der Waals surface area contributed by atoms with E-state index in [4.69, 9.17) is 19.9 Å². The van der Waals surface area contributed by atoms with Crippen molar-refractivity contribution in [3.63, 3.8) is 0 Å². The minimum atomic E-state index is -3.08. The van der Waals surface area contributed by atoms with E-state index in [9.17, 15) is 28.2 Å². The van der Waals surface area contributed by atoms with Gasteiger partial charge in [0, 0.05) is 24.4 Å². The Balaban J connectivity index is 0.000000773. The number of nitrogens with zero attached hydrogens (tertiary/aromatic N) is 6. The second-order valence-electron chi connectivity index (χ2n) is 7.45. The Kier molecular flexibility index (Phi) is 11.9. The molecular formula is C22H21ClF3N6O5Os-. The molecule has 2 N–H and O–H groups in total. The van der Waals surface area contributed by atoms with Crippen LogP contribution in [0.5, 0.6) is 11.8 Å². The quantitative estimate of drug-likeness (QED) is 0.376. The van der Waals surface area contributed by atoms with Crippen molar-refractivity contribution in [1.29, 1.82) is 0 Å². The van der Waals surface area contributed by atoms with Gasteiger partial charge in [0.25, 0.3) is 0 Å².